The predicted octanol–water partition coefficient (Wildman–Crippen LogP) is 3.12. The minimum Gasteiger partial charge on any atom is -0.456 e. The van der Waals surface area contributed by atoms with Crippen LogP contribution in [0.4, 0.5) is 5.69 Å². The van der Waals surface area contributed by atoms with Gasteiger partial charge in [0.25, 0.3) is 5.91 Å². The van der Waals surface area contributed by atoms with Crippen LogP contribution in [0.15, 0.2) is 42.5 Å². The summed E-state index contributed by atoms with van der Waals surface area (Å²) in [4.78, 5) is 22.8. The molecule has 2 aromatic rings. The maximum absolute atomic E-state index is 11.7. The maximum atomic E-state index is 11.7. The number of carbonyl (C=O) groups excluding carboxylic acids is 2. The van der Waals surface area contributed by atoms with Crippen LogP contribution in [0, 0.1) is 0 Å². The summed E-state index contributed by atoms with van der Waals surface area (Å²) >= 11 is 0. The Bertz CT molecular complexity index is 622. The molecule has 0 atom stereocenters. The first-order valence-corrected chi connectivity index (χ1v) is 6.63. The number of benzene rings is 2. The van der Waals surface area contributed by atoms with Crippen LogP contribution in [-0.4, -0.2) is 18.5 Å². The molecule has 0 aliphatic heterocycles. The second-order valence-electron chi connectivity index (χ2n) is 4.52. The molecule has 0 spiro atoms. The zero-order valence-corrected chi connectivity index (χ0v) is 11.4. The summed E-state index contributed by atoms with van der Waals surface area (Å²) < 4.78 is 4.85. The van der Waals surface area contributed by atoms with Crippen LogP contribution in [0.5, 0.6) is 0 Å². The van der Waals surface area contributed by atoms with Crippen molar-refractivity contribution in [2.45, 2.75) is 19.8 Å². The largest absolute Gasteiger partial charge is 0.456 e. The van der Waals surface area contributed by atoms with Gasteiger partial charge in [-0.1, -0.05) is 37.3 Å². The first kappa shape index (κ1) is 14.1. The Hall–Kier alpha value is -2.36. The number of anilines is 1. The molecular formula is C16H17NO3. The number of esters is 1. The number of ether oxygens (including phenoxy) is 1. The van der Waals surface area contributed by atoms with Gasteiger partial charge in [0.05, 0.1) is 0 Å². The lowest BCUT2D eigenvalue weighted by molar-refractivity contribution is -0.147. The second kappa shape index (κ2) is 6.70. The summed E-state index contributed by atoms with van der Waals surface area (Å²) in [6.07, 6.45) is 1.05. The third-order valence-corrected chi connectivity index (χ3v) is 2.85. The Morgan fingerprint density at radius 1 is 1.10 bits per heavy atom. The Morgan fingerprint density at radius 3 is 2.60 bits per heavy atom. The minimum absolute atomic E-state index is 0.244. The zero-order chi connectivity index (χ0) is 14.4. The van der Waals surface area contributed by atoms with E-state index < -0.39 is 0 Å². The van der Waals surface area contributed by atoms with E-state index in [-0.39, 0.29) is 18.5 Å². The summed E-state index contributed by atoms with van der Waals surface area (Å²) in [5.74, 6) is -0.675. The van der Waals surface area contributed by atoms with E-state index in [0.29, 0.717) is 18.5 Å². The molecule has 0 aliphatic carbocycles. The standard InChI is InChI=1S/C16H17NO3/c1-2-5-16(19)20-11-15(18)17-14-9-8-12-6-3-4-7-13(12)10-14/h3-4,6-10H,2,5,11H2,1H3,(H,17,18). The molecule has 2 rings (SSSR count). The van der Waals surface area contributed by atoms with Gasteiger partial charge in [0.1, 0.15) is 0 Å². The summed E-state index contributed by atoms with van der Waals surface area (Å²) in [5, 5.41) is 4.88. The van der Waals surface area contributed by atoms with Crippen LogP contribution in [0.2, 0.25) is 0 Å². The molecule has 4 heteroatoms. The number of rotatable bonds is 5. The van der Waals surface area contributed by atoms with Crippen LogP contribution in [0.3, 0.4) is 0 Å². The normalized spacial score (nSPS) is 10.2. The molecule has 1 amide bonds. The van der Waals surface area contributed by atoms with Crippen molar-refractivity contribution in [1.82, 2.24) is 0 Å². The van der Waals surface area contributed by atoms with Crippen molar-refractivity contribution >= 4 is 28.3 Å². The van der Waals surface area contributed by atoms with Gasteiger partial charge in [-0.15, -0.1) is 0 Å². The van der Waals surface area contributed by atoms with Gasteiger partial charge < -0.3 is 10.1 Å². The lowest BCUT2D eigenvalue weighted by Gasteiger charge is -2.07. The third-order valence-electron chi connectivity index (χ3n) is 2.85. The molecule has 0 saturated heterocycles. The topological polar surface area (TPSA) is 55.4 Å². The fourth-order valence-electron chi connectivity index (χ4n) is 1.89. The summed E-state index contributed by atoms with van der Waals surface area (Å²) in [7, 11) is 0. The van der Waals surface area contributed by atoms with E-state index in [0.717, 1.165) is 10.8 Å². The summed E-state index contributed by atoms with van der Waals surface area (Å²) in [6.45, 7) is 1.64. The monoisotopic (exact) mass is 271 g/mol. The Balaban J connectivity index is 1.94. The van der Waals surface area contributed by atoms with E-state index in [2.05, 4.69) is 5.32 Å². The second-order valence-corrected chi connectivity index (χ2v) is 4.52. The lowest BCUT2D eigenvalue weighted by atomic mass is 10.1. The highest BCUT2D eigenvalue weighted by atomic mass is 16.5. The van der Waals surface area contributed by atoms with Gasteiger partial charge in [0, 0.05) is 12.1 Å². The van der Waals surface area contributed by atoms with Gasteiger partial charge in [-0.25, -0.2) is 0 Å². The van der Waals surface area contributed by atoms with Gasteiger partial charge in [-0.05, 0) is 29.3 Å². The van der Waals surface area contributed by atoms with E-state index in [9.17, 15) is 9.59 Å². The SMILES string of the molecule is CCCC(=O)OCC(=O)Nc1ccc2ccccc2c1. The number of nitrogens with one attached hydrogen (secondary N) is 1. The number of fused-ring (bicyclic) bond motifs is 1. The molecule has 104 valence electrons. The minimum atomic E-state index is -0.346. The van der Waals surface area contributed by atoms with Crippen molar-refractivity contribution < 1.29 is 14.3 Å². The molecule has 0 fully saturated rings. The van der Waals surface area contributed by atoms with Crippen molar-refractivity contribution in [3.63, 3.8) is 0 Å². The zero-order valence-electron chi connectivity index (χ0n) is 11.4. The van der Waals surface area contributed by atoms with E-state index in [1.807, 2.05) is 49.4 Å². The number of amides is 1. The number of carbonyl (C=O) groups is 2. The van der Waals surface area contributed by atoms with Crippen molar-refractivity contribution in [2.24, 2.45) is 0 Å². The molecule has 1 N–H and O–H groups in total. The maximum Gasteiger partial charge on any atom is 0.306 e. The average molecular weight is 271 g/mol. The molecule has 0 unspecified atom stereocenters. The van der Waals surface area contributed by atoms with E-state index in [1.54, 1.807) is 0 Å². The van der Waals surface area contributed by atoms with Crippen molar-refractivity contribution in [3.05, 3.63) is 42.5 Å². The Labute approximate surface area is 117 Å². The number of hydrogen-bond donors (Lipinski definition) is 1. The first-order chi connectivity index (χ1) is 9.69. The summed E-state index contributed by atoms with van der Waals surface area (Å²) in [6, 6.07) is 13.6. The van der Waals surface area contributed by atoms with Crippen LogP contribution in [0.1, 0.15) is 19.8 Å². The van der Waals surface area contributed by atoms with Crippen LogP contribution < -0.4 is 5.32 Å². The predicted molar refractivity (Wildman–Crippen MR) is 78.4 cm³/mol. The molecule has 20 heavy (non-hydrogen) atoms. The highest BCUT2D eigenvalue weighted by Gasteiger charge is 2.07. The lowest BCUT2D eigenvalue weighted by Crippen LogP contribution is -2.20. The molecule has 4 nitrogen and oxygen atoms in total. The molecular weight excluding hydrogens is 254 g/mol. The van der Waals surface area contributed by atoms with Crippen LogP contribution >= 0.6 is 0 Å². The fourth-order valence-corrected chi connectivity index (χ4v) is 1.89. The molecule has 0 aromatic heterocycles. The van der Waals surface area contributed by atoms with Crippen molar-refractivity contribution in [2.75, 3.05) is 11.9 Å². The first-order valence-electron chi connectivity index (χ1n) is 6.63. The third kappa shape index (κ3) is 3.82. The molecule has 0 heterocycles. The van der Waals surface area contributed by atoms with Gasteiger partial charge in [-0.2, -0.15) is 0 Å². The molecule has 0 bridgehead atoms. The Morgan fingerprint density at radius 2 is 1.85 bits per heavy atom. The van der Waals surface area contributed by atoms with Gasteiger partial charge in [-0.3, -0.25) is 9.59 Å². The van der Waals surface area contributed by atoms with Crippen LogP contribution in [0.25, 0.3) is 10.8 Å². The Kier molecular flexibility index (Phi) is 4.71. The van der Waals surface area contributed by atoms with Crippen LogP contribution in [-0.2, 0) is 14.3 Å². The highest BCUT2D eigenvalue weighted by molar-refractivity contribution is 5.95. The highest BCUT2D eigenvalue weighted by Crippen LogP contribution is 2.18. The van der Waals surface area contributed by atoms with Crippen molar-refractivity contribution in [3.8, 4) is 0 Å². The smallest absolute Gasteiger partial charge is 0.306 e. The quantitative estimate of drug-likeness (QED) is 0.850. The molecule has 0 aliphatic rings. The fraction of sp³-hybridized carbons (Fsp3) is 0.250. The average Bonchev–Trinajstić information content (AvgIpc) is 2.45. The van der Waals surface area contributed by atoms with E-state index in [1.165, 1.54) is 0 Å². The van der Waals surface area contributed by atoms with Gasteiger partial charge in [0.2, 0.25) is 0 Å². The summed E-state index contributed by atoms with van der Waals surface area (Å²) in [5.41, 5.74) is 0.695. The van der Waals surface area contributed by atoms with Gasteiger partial charge in [0.15, 0.2) is 6.61 Å². The molecule has 0 radical (unpaired) electrons. The van der Waals surface area contributed by atoms with E-state index in [4.69, 9.17) is 4.74 Å². The van der Waals surface area contributed by atoms with Gasteiger partial charge >= 0.3 is 5.97 Å². The van der Waals surface area contributed by atoms with E-state index >= 15 is 0 Å². The molecule has 0 saturated carbocycles. The van der Waals surface area contributed by atoms with Crippen molar-refractivity contribution in [1.29, 1.82) is 0 Å². The molecule has 2 aromatic carbocycles. The number of hydrogen-bond acceptors (Lipinski definition) is 3.